The molecule has 0 radical (unpaired) electrons. The molecule has 4 heteroatoms. The van der Waals surface area contributed by atoms with E-state index in [1.54, 1.807) is 0 Å². The first-order chi connectivity index (χ1) is 10.2. The van der Waals surface area contributed by atoms with E-state index in [1.807, 2.05) is 11.3 Å². The van der Waals surface area contributed by atoms with Crippen molar-refractivity contribution in [2.75, 3.05) is 18.0 Å². The molecular weight excluding hydrogens is 278 g/mol. The van der Waals surface area contributed by atoms with Crippen LogP contribution in [0.25, 0.3) is 0 Å². The normalized spacial score (nSPS) is 29.0. The molecular formula is C17H29N3S. The number of rotatable bonds is 7. The van der Waals surface area contributed by atoms with Crippen LogP contribution in [-0.2, 0) is 6.54 Å². The Morgan fingerprint density at radius 3 is 2.76 bits per heavy atom. The molecule has 3 rings (SSSR count). The summed E-state index contributed by atoms with van der Waals surface area (Å²) < 4.78 is 0. The zero-order valence-corrected chi connectivity index (χ0v) is 14.5. The van der Waals surface area contributed by atoms with Crippen molar-refractivity contribution < 1.29 is 0 Å². The van der Waals surface area contributed by atoms with E-state index in [-0.39, 0.29) is 0 Å². The van der Waals surface area contributed by atoms with Gasteiger partial charge >= 0.3 is 0 Å². The smallest absolute Gasteiger partial charge is 0.185 e. The molecule has 2 saturated carbocycles. The van der Waals surface area contributed by atoms with Crippen LogP contribution in [0.4, 0.5) is 5.13 Å². The Morgan fingerprint density at radius 2 is 2.14 bits per heavy atom. The number of hydrogen-bond acceptors (Lipinski definition) is 4. The lowest BCUT2D eigenvalue weighted by Crippen LogP contribution is -2.35. The molecule has 3 nitrogen and oxygen atoms in total. The van der Waals surface area contributed by atoms with E-state index in [0.29, 0.717) is 6.04 Å². The van der Waals surface area contributed by atoms with Crippen LogP contribution in [0.3, 0.4) is 0 Å². The number of aromatic nitrogens is 1. The molecule has 2 aliphatic carbocycles. The quantitative estimate of drug-likeness (QED) is 0.828. The minimum atomic E-state index is 0.652. The molecule has 4 atom stereocenters. The molecule has 1 heterocycles. The van der Waals surface area contributed by atoms with Crippen LogP contribution in [0.5, 0.6) is 0 Å². The van der Waals surface area contributed by atoms with Gasteiger partial charge in [-0.3, -0.25) is 0 Å². The van der Waals surface area contributed by atoms with E-state index in [9.17, 15) is 0 Å². The van der Waals surface area contributed by atoms with Gasteiger partial charge < -0.3 is 10.2 Å². The monoisotopic (exact) mass is 307 g/mol. The molecule has 0 aliphatic heterocycles. The molecule has 2 fully saturated rings. The van der Waals surface area contributed by atoms with E-state index in [4.69, 9.17) is 0 Å². The maximum Gasteiger partial charge on any atom is 0.185 e. The van der Waals surface area contributed by atoms with Crippen LogP contribution in [0.2, 0.25) is 0 Å². The zero-order valence-electron chi connectivity index (χ0n) is 13.6. The lowest BCUT2D eigenvalue weighted by atomic mass is 9.84. The summed E-state index contributed by atoms with van der Waals surface area (Å²) >= 11 is 1.84. The first-order valence-corrected chi connectivity index (χ1v) is 9.45. The summed E-state index contributed by atoms with van der Waals surface area (Å²) in [5.74, 6) is 2.96. The van der Waals surface area contributed by atoms with E-state index in [2.05, 4.69) is 42.2 Å². The molecule has 2 aliphatic rings. The highest BCUT2D eigenvalue weighted by Crippen LogP contribution is 2.49. The third-order valence-electron chi connectivity index (χ3n) is 5.61. The van der Waals surface area contributed by atoms with Crippen molar-refractivity contribution in [1.29, 1.82) is 0 Å². The lowest BCUT2D eigenvalue weighted by Gasteiger charge is -2.28. The van der Waals surface area contributed by atoms with Crippen LogP contribution in [0, 0.1) is 17.8 Å². The van der Waals surface area contributed by atoms with Crippen LogP contribution in [-0.4, -0.2) is 24.1 Å². The van der Waals surface area contributed by atoms with Crippen molar-refractivity contribution in [2.45, 2.75) is 59.0 Å². The van der Waals surface area contributed by atoms with Crippen molar-refractivity contribution in [3.63, 3.8) is 0 Å². The van der Waals surface area contributed by atoms with Crippen LogP contribution in [0.15, 0.2) is 6.20 Å². The fourth-order valence-corrected chi connectivity index (χ4v) is 5.33. The second-order valence-corrected chi connectivity index (χ2v) is 7.88. The van der Waals surface area contributed by atoms with E-state index >= 15 is 0 Å². The molecule has 0 saturated heterocycles. The largest absolute Gasteiger partial charge is 0.349 e. The predicted octanol–water partition coefficient (Wildman–Crippen LogP) is 3.90. The Kier molecular flexibility index (Phi) is 4.85. The van der Waals surface area contributed by atoms with Gasteiger partial charge in [-0.1, -0.05) is 6.42 Å². The van der Waals surface area contributed by atoms with Gasteiger partial charge in [-0.05, 0) is 57.8 Å². The van der Waals surface area contributed by atoms with E-state index in [1.165, 1.54) is 35.7 Å². The summed E-state index contributed by atoms with van der Waals surface area (Å²) in [6.07, 6.45) is 8.00. The Hall–Kier alpha value is -0.610. The molecule has 1 aromatic rings. The van der Waals surface area contributed by atoms with Gasteiger partial charge in [0.2, 0.25) is 0 Å². The third-order valence-corrected chi connectivity index (χ3v) is 6.67. The van der Waals surface area contributed by atoms with Gasteiger partial charge in [0.25, 0.3) is 0 Å². The van der Waals surface area contributed by atoms with Crippen molar-refractivity contribution in [1.82, 2.24) is 10.3 Å². The number of thiazole rings is 1. The Balaban J connectivity index is 1.51. The van der Waals surface area contributed by atoms with Gasteiger partial charge in [-0.2, -0.15) is 0 Å². The van der Waals surface area contributed by atoms with Gasteiger partial charge in [0.1, 0.15) is 0 Å². The van der Waals surface area contributed by atoms with Crippen molar-refractivity contribution in [3.05, 3.63) is 11.1 Å². The van der Waals surface area contributed by atoms with Crippen molar-refractivity contribution in [2.24, 2.45) is 17.8 Å². The Bertz CT molecular complexity index is 455. The minimum Gasteiger partial charge on any atom is -0.349 e. The molecule has 0 spiro atoms. The maximum atomic E-state index is 4.58. The second-order valence-electron chi connectivity index (χ2n) is 6.79. The van der Waals surface area contributed by atoms with Gasteiger partial charge in [0.15, 0.2) is 5.13 Å². The molecule has 2 bridgehead atoms. The van der Waals surface area contributed by atoms with Gasteiger partial charge in [-0.15, -0.1) is 11.3 Å². The Labute approximate surface area is 133 Å². The number of nitrogens with one attached hydrogen (secondary N) is 1. The van der Waals surface area contributed by atoms with E-state index in [0.717, 1.165) is 37.4 Å². The summed E-state index contributed by atoms with van der Waals surface area (Å²) in [5.41, 5.74) is 0. The zero-order chi connectivity index (χ0) is 14.8. The standard InChI is InChI=1S/C17H29N3S/c1-4-20(5-2)17-19-11-15(21-17)10-18-12(3)16-9-13-6-7-14(16)8-13/h11-14,16,18H,4-10H2,1-3H3. The number of anilines is 1. The molecule has 1 aromatic heterocycles. The lowest BCUT2D eigenvalue weighted by molar-refractivity contribution is 0.260. The predicted molar refractivity (Wildman–Crippen MR) is 90.9 cm³/mol. The van der Waals surface area contributed by atoms with Gasteiger partial charge in [-0.25, -0.2) is 4.98 Å². The van der Waals surface area contributed by atoms with Crippen LogP contribution >= 0.6 is 11.3 Å². The van der Waals surface area contributed by atoms with Crippen molar-refractivity contribution >= 4 is 16.5 Å². The summed E-state index contributed by atoms with van der Waals surface area (Å²) in [4.78, 5) is 8.27. The molecule has 4 unspecified atom stereocenters. The average Bonchev–Trinajstić information content (AvgIpc) is 3.22. The van der Waals surface area contributed by atoms with Gasteiger partial charge in [0, 0.05) is 36.8 Å². The average molecular weight is 308 g/mol. The fraction of sp³-hybridized carbons (Fsp3) is 0.824. The summed E-state index contributed by atoms with van der Waals surface area (Å²) in [6.45, 7) is 9.84. The first kappa shape index (κ1) is 15.3. The summed E-state index contributed by atoms with van der Waals surface area (Å²) in [7, 11) is 0. The SMILES string of the molecule is CCN(CC)c1ncc(CNC(C)C2CC3CCC2C3)s1. The van der Waals surface area contributed by atoms with Crippen LogP contribution < -0.4 is 10.2 Å². The number of hydrogen-bond donors (Lipinski definition) is 1. The summed E-state index contributed by atoms with van der Waals surface area (Å²) in [6, 6.07) is 0.652. The molecule has 0 amide bonds. The molecule has 21 heavy (non-hydrogen) atoms. The van der Waals surface area contributed by atoms with Gasteiger partial charge in [0.05, 0.1) is 0 Å². The topological polar surface area (TPSA) is 28.2 Å². The highest BCUT2D eigenvalue weighted by atomic mass is 32.1. The van der Waals surface area contributed by atoms with Crippen LogP contribution in [0.1, 0.15) is 51.3 Å². The highest BCUT2D eigenvalue weighted by Gasteiger charge is 2.41. The molecule has 118 valence electrons. The number of fused-ring (bicyclic) bond motifs is 2. The molecule has 1 N–H and O–H groups in total. The second kappa shape index (κ2) is 6.66. The fourth-order valence-electron chi connectivity index (χ4n) is 4.34. The first-order valence-electron chi connectivity index (χ1n) is 8.64. The highest BCUT2D eigenvalue weighted by molar-refractivity contribution is 7.15. The van der Waals surface area contributed by atoms with E-state index < -0.39 is 0 Å². The minimum absolute atomic E-state index is 0.652. The van der Waals surface area contributed by atoms with Crippen molar-refractivity contribution in [3.8, 4) is 0 Å². The third kappa shape index (κ3) is 3.26. The molecule has 0 aromatic carbocycles. The summed E-state index contributed by atoms with van der Waals surface area (Å²) in [5, 5.41) is 4.94. The number of nitrogens with zero attached hydrogens (tertiary/aromatic N) is 2. The Morgan fingerprint density at radius 1 is 1.33 bits per heavy atom. The maximum absolute atomic E-state index is 4.58.